The van der Waals surface area contributed by atoms with Gasteiger partial charge in [0.1, 0.15) is 17.1 Å². The number of rotatable bonds is 1. The number of aryl methyl sites for hydroxylation is 1. The fourth-order valence-electron chi connectivity index (χ4n) is 1.37. The van der Waals surface area contributed by atoms with Crippen molar-refractivity contribution in [2.75, 3.05) is 0 Å². The highest BCUT2D eigenvalue weighted by Gasteiger charge is 2.11. The fraction of sp³-hybridized carbons (Fsp3) is 0.100. The minimum atomic E-state index is -1.09. The van der Waals surface area contributed by atoms with E-state index in [9.17, 15) is 9.90 Å². The van der Waals surface area contributed by atoms with Gasteiger partial charge in [-0.15, -0.1) is 0 Å². The first-order valence-corrected chi connectivity index (χ1v) is 4.04. The Hall–Kier alpha value is -1.97. The lowest BCUT2D eigenvalue weighted by atomic mass is 10.1. The van der Waals surface area contributed by atoms with Crippen molar-refractivity contribution >= 4 is 16.9 Å². The van der Waals surface area contributed by atoms with Gasteiger partial charge in [-0.3, -0.25) is 0 Å². The Labute approximate surface area is 79.4 Å². The van der Waals surface area contributed by atoms with Crippen LogP contribution in [-0.4, -0.2) is 16.2 Å². The maximum atomic E-state index is 10.7. The number of carboxylic acid groups (broad SMARTS) is 1. The second-order valence-corrected chi connectivity index (χ2v) is 3.07. The Morgan fingerprint density at radius 1 is 1.36 bits per heavy atom. The number of furan rings is 1. The molecule has 4 nitrogen and oxygen atoms in total. The molecule has 1 aromatic heterocycles. The summed E-state index contributed by atoms with van der Waals surface area (Å²) in [4.78, 5) is 10.7. The summed E-state index contributed by atoms with van der Waals surface area (Å²) >= 11 is 0. The van der Waals surface area contributed by atoms with Crippen LogP contribution in [0.15, 0.2) is 22.6 Å². The summed E-state index contributed by atoms with van der Waals surface area (Å²) in [5.74, 6) is -0.522. The summed E-state index contributed by atoms with van der Waals surface area (Å²) in [7, 11) is 0. The van der Waals surface area contributed by atoms with E-state index in [0.29, 0.717) is 16.7 Å². The maximum Gasteiger partial charge on any atom is 0.335 e. The van der Waals surface area contributed by atoms with Gasteiger partial charge in [0.25, 0.3) is 0 Å². The third kappa shape index (κ3) is 1.21. The summed E-state index contributed by atoms with van der Waals surface area (Å²) in [6, 6.07) is 4.26. The molecule has 0 aliphatic heterocycles. The Balaban J connectivity index is 2.77. The van der Waals surface area contributed by atoms with Crippen LogP contribution in [0.3, 0.4) is 0 Å². The van der Waals surface area contributed by atoms with Crippen molar-refractivity contribution in [3.8, 4) is 5.75 Å². The number of benzene rings is 1. The Morgan fingerprint density at radius 2 is 2.07 bits per heavy atom. The molecule has 0 fully saturated rings. The molecule has 72 valence electrons. The first kappa shape index (κ1) is 8.62. The van der Waals surface area contributed by atoms with E-state index in [1.54, 1.807) is 13.0 Å². The molecule has 2 N–H and O–H groups in total. The number of phenols is 1. The predicted molar refractivity (Wildman–Crippen MR) is 49.6 cm³/mol. The van der Waals surface area contributed by atoms with Crippen molar-refractivity contribution in [1.82, 2.24) is 0 Å². The molecule has 0 amide bonds. The van der Waals surface area contributed by atoms with E-state index >= 15 is 0 Å². The molecule has 1 aromatic carbocycles. The second kappa shape index (κ2) is 2.77. The molecular formula is C10H8O4. The number of hydrogen-bond donors (Lipinski definition) is 2. The van der Waals surface area contributed by atoms with Gasteiger partial charge in [-0.1, -0.05) is 0 Å². The summed E-state index contributed by atoms with van der Waals surface area (Å²) in [5.41, 5.74) is 0.407. The number of fused-ring (bicyclic) bond motifs is 1. The Bertz CT molecular complexity index is 510. The molecule has 0 bridgehead atoms. The molecule has 2 aromatic rings. The number of carboxylic acids is 1. The van der Waals surface area contributed by atoms with Gasteiger partial charge in [-0.2, -0.15) is 0 Å². The number of aromatic carboxylic acids is 1. The van der Waals surface area contributed by atoms with Gasteiger partial charge in [0.05, 0.1) is 10.9 Å². The molecule has 0 aliphatic rings. The van der Waals surface area contributed by atoms with E-state index in [-0.39, 0.29) is 11.3 Å². The predicted octanol–water partition coefficient (Wildman–Crippen LogP) is 2.15. The standard InChI is InChI=1S/C10H8O4/c1-5-2-7-8(11)3-6(10(12)13)4-9(7)14-5/h2-4,11H,1H3,(H,12,13). The normalized spacial score (nSPS) is 10.6. The average molecular weight is 192 g/mol. The quantitative estimate of drug-likeness (QED) is 0.726. The first-order chi connectivity index (χ1) is 6.58. The number of hydrogen-bond acceptors (Lipinski definition) is 3. The zero-order valence-electron chi connectivity index (χ0n) is 7.44. The van der Waals surface area contributed by atoms with E-state index < -0.39 is 5.97 Å². The van der Waals surface area contributed by atoms with Crippen LogP contribution in [0.25, 0.3) is 11.0 Å². The topological polar surface area (TPSA) is 70.7 Å². The van der Waals surface area contributed by atoms with Crippen molar-refractivity contribution in [3.05, 3.63) is 29.5 Å². The molecule has 0 unspecified atom stereocenters. The molecule has 0 spiro atoms. The third-order valence-corrected chi connectivity index (χ3v) is 1.99. The third-order valence-electron chi connectivity index (χ3n) is 1.99. The molecule has 14 heavy (non-hydrogen) atoms. The van der Waals surface area contributed by atoms with Crippen LogP contribution in [0.1, 0.15) is 16.1 Å². The number of carbonyl (C=O) groups is 1. The van der Waals surface area contributed by atoms with Crippen molar-refractivity contribution in [2.24, 2.45) is 0 Å². The van der Waals surface area contributed by atoms with Crippen LogP contribution >= 0.6 is 0 Å². The Kier molecular flexibility index (Phi) is 1.70. The largest absolute Gasteiger partial charge is 0.507 e. The lowest BCUT2D eigenvalue weighted by molar-refractivity contribution is 0.0696. The number of phenolic OH excluding ortho intramolecular Hbond substituents is 1. The van der Waals surface area contributed by atoms with E-state index in [0.717, 1.165) is 0 Å². The highest BCUT2D eigenvalue weighted by atomic mass is 16.4. The summed E-state index contributed by atoms with van der Waals surface area (Å²) in [6.45, 7) is 1.74. The first-order valence-electron chi connectivity index (χ1n) is 4.04. The summed E-state index contributed by atoms with van der Waals surface area (Å²) < 4.78 is 5.22. The van der Waals surface area contributed by atoms with Gasteiger partial charge < -0.3 is 14.6 Å². The molecule has 2 rings (SSSR count). The lowest BCUT2D eigenvalue weighted by Crippen LogP contribution is -1.94. The minimum Gasteiger partial charge on any atom is -0.507 e. The maximum absolute atomic E-state index is 10.7. The average Bonchev–Trinajstić information content (AvgIpc) is 2.45. The van der Waals surface area contributed by atoms with Crippen molar-refractivity contribution < 1.29 is 19.4 Å². The molecule has 1 heterocycles. The minimum absolute atomic E-state index is 0.0179. The molecule has 0 saturated carbocycles. The van der Waals surface area contributed by atoms with E-state index in [4.69, 9.17) is 9.52 Å². The highest BCUT2D eigenvalue weighted by Crippen LogP contribution is 2.29. The lowest BCUT2D eigenvalue weighted by Gasteiger charge is -1.96. The highest BCUT2D eigenvalue weighted by molar-refractivity contribution is 5.95. The SMILES string of the molecule is Cc1cc2c(O)cc(C(=O)O)cc2o1. The molecule has 0 radical (unpaired) electrons. The van der Waals surface area contributed by atoms with E-state index in [1.807, 2.05) is 0 Å². The van der Waals surface area contributed by atoms with E-state index in [1.165, 1.54) is 12.1 Å². The van der Waals surface area contributed by atoms with Crippen molar-refractivity contribution in [2.45, 2.75) is 6.92 Å². The van der Waals surface area contributed by atoms with Gasteiger partial charge in [-0.25, -0.2) is 4.79 Å². The van der Waals surface area contributed by atoms with Gasteiger partial charge in [0.15, 0.2) is 0 Å². The Morgan fingerprint density at radius 3 is 2.71 bits per heavy atom. The molecule has 4 heteroatoms. The van der Waals surface area contributed by atoms with Crippen LogP contribution in [0.4, 0.5) is 0 Å². The van der Waals surface area contributed by atoms with Crippen LogP contribution in [0, 0.1) is 6.92 Å². The summed E-state index contributed by atoms with van der Waals surface area (Å²) in [5, 5.41) is 18.7. The monoisotopic (exact) mass is 192 g/mol. The molecular weight excluding hydrogens is 184 g/mol. The molecule has 0 aliphatic carbocycles. The van der Waals surface area contributed by atoms with Crippen LogP contribution in [0.2, 0.25) is 0 Å². The number of aromatic hydroxyl groups is 1. The molecule has 0 saturated heterocycles. The van der Waals surface area contributed by atoms with E-state index in [2.05, 4.69) is 0 Å². The van der Waals surface area contributed by atoms with Crippen molar-refractivity contribution in [3.63, 3.8) is 0 Å². The fourth-order valence-corrected chi connectivity index (χ4v) is 1.37. The van der Waals surface area contributed by atoms with Gasteiger partial charge in [0, 0.05) is 0 Å². The smallest absolute Gasteiger partial charge is 0.335 e. The van der Waals surface area contributed by atoms with Crippen molar-refractivity contribution in [1.29, 1.82) is 0 Å². The van der Waals surface area contributed by atoms with Gasteiger partial charge in [-0.05, 0) is 25.1 Å². The molecule has 0 atom stereocenters. The van der Waals surface area contributed by atoms with Gasteiger partial charge in [0.2, 0.25) is 0 Å². The zero-order chi connectivity index (χ0) is 10.3. The summed E-state index contributed by atoms with van der Waals surface area (Å²) in [6.07, 6.45) is 0. The van der Waals surface area contributed by atoms with Crippen LogP contribution in [0.5, 0.6) is 5.75 Å². The van der Waals surface area contributed by atoms with Crippen LogP contribution < -0.4 is 0 Å². The van der Waals surface area contributed by atoms with Crippen LogP contribution in [-0.2, 0) is 0 Å². The zero-order valence-corrected chi connectivity index (χ0v) is 7.44. The van der Waals surface area contributed by atoms with Gasteiger partial charge >= 0.3 is 5.97 Å². The second-order valence-electron chi connectivity index (χ2n) is 3.07.